The SMILES string of the molecule is COCCNCCCc1nc(C)cs1. The molecule has 1 rings (SSSR count). The van der Waals surface area contributed by atoms with Gasteiger partial charge in [0, 0.05) is 31.1 Å². The zero-order valence-electron chi connectivity index (χ0n) is 8.88. The first-order valence-corrected chi connectivity index (χ1v) is 5.81. The number of ether oxygens (including phenoxy) is 1. The molecule has 1 aromatic rings. The lowest BCUT2D eigenvalue weighted by atomic mass is 10.3. The van der Waals surface area contributed by atoms with Crippen LogP contribution in [-0.2, 0) is 11.2 Å². The Morgan fingerprint density at radius 2 is 2.36 bits per heavy atom. The first-order valence-electron chi connectivity index (χ1n) is 4.93. The van der Waals surface area contributed by atoms with E-state index in [1.54, 1.807) is 18.4 Å². The van der Waals surface area contributed by atoms with Crippen LogP contribution in [0.1, 0.15) is 17.1 Å². The molecule has 0 aliphatic carbocycles. The molecule has 4 heteroatoms. The van der Waals surface area contributed by atoms with Crippen molar-refractivity contribution < 1.29 is 4.74 Å². The van der Waals surface area contributed by atoms with Gasteiger partial charge in [-0.3, -0.25) is 0 Å². The van der Waals surface area contributed by atoms with E-state index in [1.807, 2.05) is 6.92 Å². The van der Waals surface area contributed by atoms with Crippen LogP contribution in [0.15, 0.2) is 5.38 Å². The van der Waals surface area contributed by atoms with Gasteiger partial charge in [-0.05, 0) is 19.9 Å². The number of nitrogens with one attached hydrogen (secondary N) is 1. The lowest BCUT2D eigenvalue weighted by Crippen LogP contribution is -2.20. The second-order valence-corrected chi connectivity index (χ2v) is 4.17. The molecule has 1 N–H and O–H groups in total. The van der Waals surface area contributed by atoms with Gasteiger partial charge in [0.25, 0.3) is 0 Å². The van der Waals surface area contributed by atoms with Crippen LogP contribution in [0.25, 0.3) is 0 Å². The van der Waals surface area contributed by atoms with E-state index < -0.39 is 0 Å². The summed E-state index contributed by atoms with van der Waals surface area (Å²) in [5.41, 5.74) is 1.14. The molecule has 0 unspecified atom stereocenters. The van der Waals surface area contributed by atoms with E-state index in [1.165, 1.54) is 5.01 Å². The summed E-state index contributed by atoms with van der Waals surface area (Å²) in [6.45, 7) is 4.81. The Labute approximate surface area is 89.5 Å². The molecule has 3 nitrogen and oxygen atoms in total. The van der Waals surface area contributed by atoms with E-state index in [0.717, 1.165) is 38.2 Å². The lowest BCUT2D eigenvalue weighted by molar-refractivity contribution is 0.199. The van der Waals surface area contributed by atoms with E-state index in [2.05, 4.69) is 15.7 Å². The molecule has 0 saturated heterocycles. The van der Waals surface area contributed by atoms with Crippen LogP contribution in [0, 0.1) is 6.92 Å². The number of aryl methyl sites for hydroxylation is 2. The third-order valence-electron chi connectivity index (χ3n) is 1.89. The van der Waals surface area contributed by atoms with Crippen molar-refractivity contribution >= 4 is 11.3 Å². The minimum absolute atomic E-state index is 0.788. The predicted octanol–water partition coefficient (Wildman–Crippen LogP) is 1.62. The molecule has 0 aliphatic rings. The van der Waals surface area contributed by atoms with Gasteiger partial charge in [-0.15, -0.1) is 11.3 Å². The minimum atomic E-state index is 0.788. The monoisotopic (exact) mass is 214 g/mol. The van der Waals surface area contributed by atoms with Gasteiger partial charge in [0.1, 0.15) is 0 Å². The quantitative estimate of drug-likeness (QED) is 0.700. The molecule has 0 fully saturated rings. The van der Waals surface area contributed by atoms with Crippen LogP contribution in [0.4, 0.5) is 0 Å². The molecule has 0 saturated carbocycles. The summed E-state index contributed by atoms with van der Waals surface area (Å²) in [5, 5.41) is 6.67. The van der Waals surface area contributed by atoms with Crippen molar-refractivity contribution in [3.05, 3.63) is 16.1 Å². The van der Waals surface area contributed by atoms with Gasteiger partial charge in [0.05, 0.1) is 11.6 Å². The predicted molar refractivity (Wildman–Crippen MR) is 59.9 cm³/mol. The van der Waals surface area contributed by atoms with E-state index >= 15 is 0 Å². The fraction of sp³-hybridized carbons (Fsp3) is 0.700. The molecule has 1 heterocycles. The van der Waals surface area contributed by atoms with E-state index in [-0.39, 0.29) is 0 Å². The molecular formula is C10H18N2OS. The van der Waals surface area contributed by atoms with Crippen LogP contribution in [0.3, 0.4) is 0 Å². The van der Waals surface area contributed by atoms with Gasteiger partial charge in [-0.1, -0.05) is 0 Å². The number of thiazole rings is 1. The van der Waals surface area contributed by atoms with Gasteiger partial charge >= 0.3 is 0 Å². The van der Waals surface area contributed by atoms with Gasteiger partial charge in [0.15, 0.2) is 0 Å². The number of nitrogens with zero attached hydrogens (tertiary/aromatic N) is 1. The van der Waals surface area contributed by atoms with Gasteiger partial charge in [-0.2, -0.15) is 0 Å². The second kappa shape index (κ2) is 6.92. The Balaban J connectivity index is 1.99. The largest absolute Gasteiger partial charge is 0.383 e. The van der Waals surface area contributed by atoms with Crippen LogP contribution in [-0.4, -0.2) is 31.8 Å². The summed E-state index contributed by atoms with van der Waals surface area (Å²) < 4.78 is 4.94. The van der Waals surface area contributed by atoms with Crippen molar-refractivity contribution in [2.45, 2.75) is 19.8 Å². The van der Waals surface area contributed by atoms with Crippen LogP contribution in [0.2, 0.25) is 0 Å². The molecule has 1 aromatic heterocycles. The lowest BCUT2D eigenvalue weighted by Gasteiger charge is -2.02. The molecule has 0 bridgehead atoms. The van der Waals surface area contributed by atoms with Crippen LogP contribution < -0.4 is 5.32 Å². The number of aromatic nitrogens is 1. The molecule has 0 atom stereocenters. The van der Waals surface area contributed by atoms with Gasteiger partial charge in [-0.25, -0.2) is 4.98 Å². The first kappa shape index (κ1) is 11.6. The molecule has 0 amide bonds. The molecular weight excluding hydrogens is 196 g/mol. The molecule has 80 valence electrons. The average Bonchev–Trinajstić information content (AvgIpc) is 2.58. The Morgan fingerprint density at radius 1 is 1.50 bits per heavy atom. The maximum atomic E-state index is 4.94. The summed E-state index contributed by atoms with van der Waals surface area (Å²) in [6.07, 6.45) is 2.23. The summed E-state index contributed by atoms with van der Waals surface area (Å²) in [4.78, 5) is 4.41. The van der Waals surface area contributed by atoms with Crippen LogP contribution in [0.5, 0.6) is 0 Å². The molecule has 0 spiro atoms. The summed E-state index contributed by atoms with van der Waals surface area (Å²) in [7, 11) is 1.72. The number of methoxy groups -OCH3 is 1. The van der Waals surface area contributed by atoms with Crippen LogP contribution >= 0.6 is 11.3 Å². The molecule has 14 heavy (non-hydrogen) atoms. The standard InChI is InChI=1S/C10H18N2OS/c1-9-8-14-10(12-9)4-3-5-11-6-7-13-2/h8,11H,3-7H2,1-2H3. The van der Waals surface area contributed by atoms with Crippen molar-refractivity contribution in [2.75, 3.05) is 26.8 Å². The third kappa shape index (κ3) is 4.69. The summed E-state index contributed by atoms with van der Waals surface area (Å²) in [6, 6.07) is 0. The van der Waals surface area contributed by atoms with Crippen molar-refractivity contribution in [1.29, 1.82) is 0 Å². The summed E-state index contributed by atoms with van der Waals surface area (Å²) >= 11 is 1.75. The van der Waals surface area contributed by atoms with Crippen molar-refractivity contribution in [1.82, 2.24) is 10.3 Å². The topological polar surface area (TPSA) is 34.1 Å². The highest BCUT2D eigenvalue weighted by Gasteiger charge is 1.97. The van der Waals surface area contributed by atoms with Crippen molar-refractivity contribution in [3.63, 3.8) is 0 Å². The highest BCUT2D eigenvalue weighted by molar-refractivity contribution is 7.09. The Hall–Kier alpha value is -0.450. The minimum Gasteiger partial charge on any atom is -0.383 e. The Bertz CT molecular complexity index is 250. The maximum absolute atomic E-state index is 4.94. The Kier molecular flexibility index (Phi) is 5.75. The van der Waals surface area contributed by atoms with Gasteiger partial charge in [0.2, 0.25) is 0 Å². The smallest absolute Gasteiger partial charge is 0.0928 e. The normalized spacial score (nSPS) is 10.7. The molecule has 0 aromatic carbocycles. The van der Waals surface area contributed by atoms with Crippen molar-refractivity contribution in [3.8, 4) is 0 Å². The van der Waals surface area contributed by atoms with E-state index in [4.69, 9.17) is 4.74 Å². The first-order chi connectivity index (χ1) is 6.83. The number of hydrogen-bond donors (Lipinski definition) is 1. The average molecular weight is 214 g/mol. The molecule has 0 aliphatic heterocycles. The highest BCUT2D eigenvalue weighted by atomic mass is 32.1. The maximum Gasteiger partial charge on any atom is 0.0928 e. The van der Waals surface area contributed by atoms with Gasteiger partial charge < -0.3 is 10.1 Å². The fourth-order valence-electron chi connectivity index (χ4n) is 1.18. The summed E-state index contributed by atoms with van der Waals surface area (Å²) in [5.74, 6) is 0. The van der Waals surface area contributed by atoms with Crippen molar-refractivity contribution in [2.24, 2.45) is 0 Å². The third-order valence-corrected chi connectivity index (χ3v) is 2.92. The number of rotatable bonds is 7. The number of hydrogen-bond acceptors (Lipinski definition) is 4. The second-order valence-electron chi connectivity index (χ2n) is 3.23. The Morgan fingerprint density at radius 3 is 3.00 bits per heavy atom. The zero-order chi connectivity index (χ0) is 10.2. The zero-order valence-corrected chi connectivity index (χ0v) is 9.69. The van der Waals surface area contributed by atoms with E-state index in [9.17, 15) is 0 Å². The highest BCUT2D eigenvalue weighted by Crippen LogP contribution is 2.10. The fourth-order valence-corrected chi connectivity index (χ4v) is 2.00. The molecule has 0 radical (unpaired) electrons. The van der Waals surface area contributed by atoms with E-state index in [0.29, 0.717) is 0 Å².